The molecule has 2 aliphatic heterocycles. The van der Waals surface area contributed by atoms with Crippen LogP contribution in [-0.2, 0) is 41.4 Å². The van der Waals surface area contributed by atoms with Crippen molar-refractivity contribution in [2.24, 2.45) is 0 Å². The number of carbonyl (C=O) groups excluding carboxylic acids is 7. The van der Waals surface area contributed by atoms with E-state index in [0.717, 1.165) is 10.8 Å². The van der Waals surface area contributed by atoms with Gasteiger partial charge in [-0.2, -0.15) is 0 Å². The van der Waals surface area contributed by atoms with Crippen LogP contribution >= 0.6 is 0 Å². The van der Waals surface area contributed by atoms with Crippen LogP contribution in [0.1, 0.15) is 63.2 Å². The summed E-state index contributed by atoms with van der Waals surface area (Å²) in [5, 5.41) is 16.8. The Bertz CT molecular complexity index is 3270. The predicted molar refractivity (Wildman–Crippen MR) is 299 cm³/mol. The van der Waals surface area contributed by atoms with Crippen molar-refractivity contribution in [3.8, 4) is 17.2 Å². The molecule has 0 bridgehead atoms. The Balaban J connectivity index is 0.000000237. The number of piperazine rings is 2. The number of hydrogen-bond donors (Lipinski definition) is 3. The monoisotopic (exact) mass is 1130 g/mol. The lowest BCUT2D eigenvalue weighted by Crippen LogP contribution is -2.56. The lowest BCUT2D eigenvalue weighted by Gasteiger charge is -2.36. The number of nitrogens with one attached hydrogen (secondary N) is 2. The number of nitrogens with zero attached hydrogens (tertiary/aromatic N) is 6. The van der Waals surface area contributed by atoms with Gasteiger partial charge in [0.1, 0.15) is 40.7 Å². The van der Waals surface area contributed by atoms with Gasteiger partial charge < -0.3 is 63.8 Å². The Kier molecular flexibility index (Phi) is 21.3. The van der Waals surface area contributed by atoms with Crippen molar-refractivity contribution in [2.45, 2.75) is 45.7 Å². The molecule has 82 heavy (non-hydrogen) atoms. The molecule has 2 aromatic heterocycles. The molecule has 0 spiro atoms. The van der Waals surface area contributed by atoms with Crippen molar-refractivity contribution in [3.05, 3.63) is 137 Å². The van der Waals surface area contributed by atoms with Gasteiger partial charge in [-0.1, -0.05) is 60.7 Å². The Morgan fingerprint density at radius 3 is 1.37 bits per heavy atom. The van der Waals surface area contributed by atoms with Gasteiger partial charge in [-0.05, 0) is 68.3 Å². The van der Waals surface area contributed by atoms with Crippen LogP contribution in [0.3, 0.4) is 0 Å². The summed E-state index contributed by atoms with van der Waals surface area (Å²) in [6.45, 7) is 7.79. The first kappa shape index (κ1) is 60.1. The second kappa shape index (κ2) is 29.1. The van der Waals surface area contributed by atoms with E-state index < -0.39 is 48.0 Å². The highest BCUT2D eigenvalue weighted by atomic mass is 16.6. The number of pyridine rings is 2. The number of ether oxygens (including phenoxy) is 6. The molecule has 3 N–H and O–H groups in total. The van der Waals surface area contributed by atoms with Crippen LogP contribution < -0.4 is 24.8 Å². The van der Waals surface area contributed by atoms with Gasteiger partial charge in [0, 0.05) is 88.1 Å². The van der Waals surface area contributed by atoms with Gasteiger partial charge >= 0.3 is 24.1 Å². The summed E-state index contributed by atoms with van der Waals surface area (Å²) >= 11 is 0. The van der Waals surface area contributed by atoms with E-state index in [9.17, 15) is 43.5 Å². The van der Waals surface area contributed by atoms with E-state index in [2.05, 4.69) is 20.6 Å². The molecular formula is C59H66N8O15. The standard InChI is InChI=1S/C31H36N4O8.C28H30N4O7/c1-4-41-28(36)20-43-26-13-9-6-10-21(26)18-25(30(38)34-14-16-35(17-15-34)31(39)42-5-2)33-29(37)24-19-27(40-3)22-11-7-8-12-23(22)32-24;1-3-39-28(37)32-14-12-31(13-15-32)26(34)23(16-18-8-4-5-9-19(18)27(35)36)30-25(33)22-17-24(38-2)20-10-6-7-11-21(20)29-22/h6-13,19,25H,4-5,14-18,20H2,1-3H3,(H,33,37);4-11,17,23H,3,12-16H2,1-2H3,(H,30,33)(H,35,36). The lowest BCUT2D eigenvalue weighted by atomic mass is 9.99. The average Bonchev–Trinajstić information content (AvgIpc) is 3.55. The van der Waals surface area contributed by atoms with E-state index >= 15 is 0 Å². The summed E-state index contributed by atoms with van der Waals surface area (Å²) in [6.07, 6.45) is -0.841. The smallest absolute Gasteiger partial charge is 0.409 e. The first-order valence-electron chi connectivity index (χ1n) is 26.7. The molecule has 6 amide bonds. The number of amides is 6. The molecule has 6 aromatic rings. The zero-order valence-corrected chi connectivity index (χ0v) is 46.3. The molecule has 2 saturated heterocycles. The van der Waals surface area contributed by atoms with E-state index in [1.54, 1.807) is 96.1 Å². The third-order valence-electron chi connectivity index (χ3n) is 13.4. The molecule has 0 aliphatic carbocycles. The quantitative estimate of drug-likeness (QED) is 0.0675. The molecule has 4 aromatic carbocycles. The third kappa shape index (κ3) is 15.4. The van der Waals surface area contributed by atoms with Gasteiger partial charge in [-0.25, -0.2) is 29.1 Å². The Hall–Kier alpha value is -9.54. The number of carboxylic acid groups (broad SMARTS) is 1. The van der Waals surface area contributed by atoms with Crippen LogP contribution in [0.2, 0.25) is 0 Å². The first-order valence-corrected chi connectivity index (χ1v) is 26.7. The van der Waals surface area contributed by atoms with E-state index in [4.69, 9.17) is 28.4 Å². The molecule has 4 heterocycles. The first-order chi connectivity index (χ1) is 39.7. The molecular weight excluding hydrogens is 1060 g/mol. The Morgan fingerprint density at radius 1 is 0.512 bits per heavy atom. The van der Waals surface area contributed by atoms with E-state index in [1.807, 2.05) is 30.3 Å². The molecule has 23 heteroatoms. The van der Waals surface area contributed by atoms with Gasteiger partial charge in [0.15, 0.2) is 6.61 Å². The van der Waals surface area contributed by atoms with Crippen molar-refractivity contribution < 1.29 is 71.9 Å². The number of carbonyl (C=O) groups is 8. The van der Waals surface area contributed by atoms with Crippen LogP contribution in [0.15, 0.2) is 109 Å². The second-order valence-electron chi connectivity index (χ2n) is 18.6. The molecule has 0 radical (unpaired) electrons. The van der Waals surface area contributed by atoms with Crippen molar-refractivity contribution in [1.29, 1.82) is 0 Å². The SMILES string of the molecule is CCOC(=O)COc1ccccc1CC(NC(=O)c1cc(OC)c2ccccc2n1)C(=O)N1CCN(C(=O)OCC)CC1.CCOC(=O)N1CCN(C(=O)C(Cc2ccccc2C(=O)O)NC(=O)c2cc(OC)c3ccccc3n2)CC1. The highest BCUT2D eigenvalue weighted by molar-refractivity contribution is 6.01. The van der Waals surface area contributed by atoms with Crippen LogP contribution in [-0.4, -0.2) is 188 Å². The number of hydrogen-bond acceptors (Lipinski definition) is 16. The summed E-state index contributed by atoms with van der Waals surface area (Å²) in [4.78, 5) is 118. The summed E-state index contributed by atoms with van der Waals surface area (Å²) in [5.74, 6) is -2.20. The molecule has 2 fully saturated rings. The van der Waals surface area contributed by atoms with Crippen molar-refractivity contribution in [2.75, 3.05) is 93.0 Å². The minimum Gasteiger partial charge on any atom is -0.496 e. The fraction of sp³-hybridized carbons (Fsp3) is 0.356. The van der Waals surface area contributed by atoms with E-state index in [-0.39, 0.29) is 107 Å². The zero-order valence-electron chi connectivity index (χ0n) is 46.3. The number of para-hydroxylation sites is 3. The number of aromatic nitrogens is 2. The van der Waals surface area contributed by atoms with Crippen molar-refractivity contribution in [1.82, 2.24) is 40.2 Å². The maximum atomic E-state index is 13.9. The summed E-state index contributed by atoms with van der Waals surface area (Å²) < 4.78 is 31.7. The Labute approximate surface area is 473 Å². The van der Waals surface area contributed by atoms with Crippen LogP contribution in [0.5, 0.6) is 17.2 Å². The predicted octanol–water partition coefficient (Wildman–Crippen LogP) is 5.41. The number of methoxy groups -OCH3 is 2. The number of fused-ring (bicyclic) bond motifs is 2. The zero-order chi connectivity index (χ0) is 58.7. The number of esters is 1. The van der Waals surface area contributed by atoms with Gasteiger partial charge in [-0.15, -0.1) is 0 Å². The fourth-order valence-electron chi connectivity index (χ4n) is 9.31. The molecule has 2 aliphatic rings. The maximum Gasteiger partial charge on any atom is 0.409 e. The number of aromatic carboxylic acids is 1. The van der Waals surface area contributed by atoms with Crippen LogP contribution in [0.25, 0.3) is 21.8 Å². The number of benzene rings is 4. The molecule has 2 unspecified atom stereocenters. The maximum absolute atomic E-state index is 13.9. The minimum absolute atomic E-state index is 0.0437. The molecule has 432 valence electrons. The van der Waals surface area contributed by atoms with E-state index in [0.29, 0.717) is 52.5 Å². The summed E-state index contributed by atoms with van der Waals surface area (Å²) in [6, 6.07) is 28.8. The fourth-order valence-corrected chi connectivity index (χ4v) is 9.31. The average molecular weight is 1130 g/mol. The van der Waals surface area contributed by atoms with Crippen molar-refractivity contribution in [3.63, 3.8) is 0 Å². The van der Waals surface area contributed by atoms with Crippen molar-refractivity contribution >= 4 is 69.6 Å². The highest BCUT2D eigenvalue weighted by Gasteiger charge is 2.34. The van der Waals surface area contributed by atoms with Crippen LogP contribution in [0.4, 0.5) is 9.59 Å². The third-order valence-corrected chi connectivity index (χ3v) is 13.4. The summed E-state index contributed by atoms with van der Waals surface area (Å²) in [7, 11) is 3.01. The minimum atomic E-state index is -1.13. The second-order valence-corrected chi connectivity index (χ2v) is 18.6. The molecule has 8 rings (SSSR count). The van der Waals surface area contributed by atoms with Gasteiger partial charge in [0.05, 0.1) is 50.6 Å². The normalized spacial score (nSPS) is 13.8. The molecule has 2 atom stereocenters. The topological polar surface area (TPSA) is 275 Å². The number of carboxylic acids is 1. The largest absolute Gasteiger partial charge is 0.496 e. The van der Waals surface area contributed by atoms with Crippen LogP contribution in [0, 0.1) is 0 Å². The number of rotatable bonds is 19. The highest BCUT2D eigenvalue weighted by Crippen LogP contribution is 2.28. The summed E-state index contributed by atoms with van der Waals surface area (Å²) in [5.41, 5.74) is 2.33. The molecule has 23 nitrogen and oxygen atoms in total. The molecule has 0 saturated carbocycles. The van der Waals surface area contributed by atoms with E-state index in [1.165, 1.54) is 37.3 Å². The lowest BCUT2D eigenvalue weighted by molar-refractivity contribution is -0.145. The van der Waals surface area contributed by atoms with Gasteiger partial charge in [0.25, 0.3) is 11.8 Å². The Morgan fingerprint density at radius 2 is 0.915 bits per heavy atom. The van der Waals surface area contributed by atoms with Gasteiger partial charge in [-0.3, -0.25) is 19.2 Å². The van der Waals surface area contributed by atoms with Gasteiger partial charge in [0.2, 0.25) is 11.8 Å².